The number of thiazole rings is 1. The van der Waals surface area contributed by atoms with Crippen LogP contribution >= 0.6 is 11.3 Å². The van der Waals surface area contributed by atoms with Crippen LogP contribution < -0.4 is 11.2 Å². The van der Waals surface area contributed by atoms with Crippen LogP contribution in [0, 0.1) is 0 Å². The number of aromatic nitrogens is 3. The summed E-state index contributed by atoms with van der Waals surface area (Å²) in [5.41, 5.74) is 12.7. The summed E-state index contributed by atoms with van der Waals surface area (Å²) in [6.07, 6.45) is 5.49. The molecule has 4 N–H and O–H groups in total. The van der Waals surface area contributed by atoms with Crippen LogP contribution in [0.1, 0.15) is 5.56 Å². The predicted octanol–water partition coefficient (Wildman–Crippen LogP) is 3.59. The zero-order chi connectivity index (χ0) is 16.5. The topological polar surface area (TPSA) is 89.0 Å². The lowest BCUT2D eigenvalue weighted by atomic mass is 10.0. The Hall–Kier alpha value is -2.90. The monoisotopic (exact) mass is 337 g/mol. The van der Waals surface area contributed by atoms with E-state index in [1.54, 1.807) is 18.6 Å². The van der Waals surface area contributed by atoms with Crippen molar-refractivity contribution in [2.75, 3.05) is 11.2 Å². The maximum Gasteiger partial charge on any atom is 0.181 e. The minimum atomic E-state index is 0.544. The molecule has 0 amide bonds. The second-order valence-electron chi connectivity index (χ2n) is 5.47. The molecule has 6 nitrogen and oxygen atoms in total. The minimum Gasteiger partial charge on any atom is -0.375 e. The number of rotatable bonds is 4. The van der Waals surface area contributed by atoms with Gasteiger partial charge in [0.05, 0.1) is 22.2 Å². The number of nitrogens with two attached hydrogens (primary N) is 1. The van der Waals surface area contributed by atoms with E-state index in [0.29, 0.717) is 10.8 Å². The Morgan fingerprint density at radius 3 is 2.96 bits per heavy atom. The summed E-state index contributed by atoms with van der Waals surface area (Å²) in [7, 11) is 0. The van der Waals surface area contributed by atoms with Gasteiger partial charge in [-0.2, -0.15) is 0 Å². The number of anilines is 2. The van der Waals surface area contributed by atoms with Gasteiger partial charge in [0.25, 0.3) is 0 Å². The maximum atomic E-state index is 9.16. The third kappa shape index (κ3) is 2.70. The highest BCUT2D eigenvalue weighted by Crippen LogP contribution is 2.35. The SMILES string of the molecule is Nc1nc2c(-c3cccc(NO)c3)cc(Cn3ccnc3)cc2s1. The van der Waals surface area contributed by atoms with Gasteiger partial charge in [0.15, 0.2) is 5.13 Å². The van der Waals surface area contributed by atoms with Gasteiger partial charge in [-0.1, -0.05) is 23.5 Å². The Kier molecular flexibility index (Phi) is 3.64. The van der Waals surface area contributed by atoms with Gasteiger partial charge in [0, 0.05) is 24.5 Å². The highest BCUT2D eigenvalue weighted by Gasteiger charge is 2.12. The van der Waals surface area contributed by atoms with Crippen molar-refractivity contribution < 1.29 is 5.21 Å². The van der Waals surface area contributed by atoms with Crippen molar-refractivity contribution in [3.05, 3.63) is 60.7 Å². The Balaban J connectivity index is 1.88. The number of nitrogens with zero attached hydrogens (tertiary/aromatic N) is 3. The second-order valence-corrected chi connectivity index (χ2v) is 6.53. The highest BCUT2D eigenvalue weighted by atomic mass is 32.1. The molecule has 0 fully saturated rings. The second kappa shape index (κ2) is 5.95. The van der Waals surface area contributed by atoms with Gasteiger partial charge in [0.2, 0.25) is 0 Å². The molecule has 4 aromatic rings. The van der Waals surface area contributed by atoms with Crippen molar-refractivity contribution in [1.82, 2.24) is 14.5 Å². The molecule has 4 rings (SSSR count). The number of nitrogen functional groups attached to an aromatic ring is 1. The van der Waals surface area contributed by atoms with E-state index in [4.69, 9.17) is 10.9 Å². The molecule has 2 aromatic carbocycles. The first-order valence-corrected chi connectivity index (χ1v) is 8.20. The van der Waals surface area contributed by atoms with Crippen molar-refractivity contribution in [2.45, 2.75) is 6.54 Å². The summed E-state index contributed by atoms with van der Waals surface area (Å²) >= 11 is 1.47. The predicted molar refractivity (Wildman–Crippen MR) is 96.2 cm³/mol. The molecule has 120 valence electrons. The largest absolute Gasteiger partial charge is 0.375 e. The molecule has 0 saturated heterocycles. The van der Waals surface area contributed by atoms with E-state index >= 15 is 0 Å². The van der Waals surface area contributed by atoms with Crippen molar-refractivity contribution in [3.63, 3.8) is 0 Å². The van der Waals surface area contributed by atoms with Gasteiger partial charge >= 0.3 is 0 Å². The van der Waals surface area contributed by atoms with Crippen molar-refractivity contribution in [3.8, 4) is 11.1 Å². The molecule has 0 unspecified atom stereocenters. The summed E-state index contributed by atoms with van der Waals surface area (Å²) in [5, 5.41) is 9.70. The van der Waals surface area contributed by atoms with E-state index < -0.39 is 0 Å². The zero-order valence-electron chi connectivity index (χ0n) is 12.7. The summed E-state index contributed by atoms with van der Waals surface area (Å²) in [5.74, 6) is 0. The Morgan fingerprint density at radius 2 is 2.17 bits per heavy atom. The van der Waals surface area contributed by atoms with Crippen LogP contribution in [0.4, 0.5) is 10.8 Å². The number of fused-ring (bicyclic) bond motifs is 1. The number of benzene rings is 2. The zero-order valence-corrected chi connectivity index (χ0v) is 13.5. The Bertz CT molecular complexity index is 994. The Labute approximate surface area is 142 Å². The third-order valence-electron chi connectivity index (χ3n) is 3.80. The molecule has 7 heteroatoms. The van der Waals surface area contributed by atoms with Gasteiger partial charge < -0.3 is 10.3 Å². The van der Waals surface area contributed by atoms with Gasteiger partial charge in [0.1, 0.15) is 0 Å². The molecule has 0 bridgehead atoms. The lowest BCUT2D eigenvalue weighted by Gasteiger charge is -2.09. The van der Waals surface area contributed by atoms with Crippen molar-refractivity contribution >= 4 is 32.4 Å². The molecule has 0 saturated carbocycles. The van der Waals surface area contributed by atoms with E-state index in [1.165, 1.54) is 11.3 Å². The lowest BCUT2D eigenvalue weighted by Crippen LogP contribution is -1.97. The molecule has 0 spiro atoms. The number of hydrogen-bond acceptors (Lipinski definition) is 6. The molecule has 0 aliphatic carbocycles. The molecule has 2 aromatic heterocycles. The van der Waals surface area contributed by atoms with Crippen LogP contribution in [0.5, 0.6) is 0 Å². The first-order valence-electron chi connectivity index (χ1n) is 7.38. The van der Waals surface area contributed by atoms with Gasteiger partial charge in [-0.05, 0) is 35.4 Å². The molecule has 24 heavy (non-hydrogen) atoms. The van der Waals surface area contributed by atoms with E-state index in [0.717, 1.165) is 33.5 Å². The number of nitrogens with one attached hydrogen (secondary N) is 1. The summed E-state index contributed by atoms with van der Waals surface area (Å²) in [6.45, 7) is 0.721. The van der Waals surface area contributed by atoms with Crippen LogP contribution in [0.3, 0.4) is 0 Å². The fraction of sp³-hybridized carbons (Fsp3) is 0.0588. The van der Waals surface area contributed by atoms with Crippen LogP contribution in [0.2, 0.25) is 0 Å². The molecule has 0 radical (unpaired) electrons. The average Bonchev–Trinajstić information content (AvgIpc) is 3.22. The minimum absolute atomic E-state index is 0.544. The van der Waals surface area contributed by atoms with Gasteiger partial charge in [-0.3, -0.25) is 10.7 Å². The smallest absolute Gasteiger partial charge is 0.181 e. The van der Waals surface area contributed by atoms with E-state index in [1.807, 2.05) is 29.0 Å². The molecular formula is C17H15N5OS. The fourth-order valence-electron chi connectivity index (χ4n) is 2.76. The van der Waals surface area contributed by atoms with Crippen LogP contribution in [0.15, 0.2) is 55.1 Å². The quantitative estimate of drug-likeness (QED) is 0.495. The summed E-state index contributed by atoms with van der Waals surface area (Å²) in [4.78, 5) is 8.56. The van der Waals surface area contributed by atoms with E-state index in [9.17, 15) is 0 Å². The van der Waals surface area contributed by atoms with Crippen LogP contribution in [-0.4, -0.2) is 19.7 Å². The molecule has 0 aliphatic heterocycles. The van der Waals surface area contributed by atoms with Gasteiger partial charge in [-0.15, -0.1) is 0 Å². The molecule has 2 heterocycles. The first kappa shape index (κ1) is 14.7. The molecule has 0 aliphatic rings. The molecule has 0 atom stereocenters. The van der Waals surface area contributed by atoms with Crippen LogP contribution in [0.25, 0.3) is 21.3 Å². The lowest BCUT2D eigenvalue weighted by molar-refractivity contribution is 0.389. The normalized spacial score (nSPS) is 11.0. The Morgan fingerprint density at radius 1 is 1.25 bits per heavy atom. The van der Waals surface area contributed by atoms with Crippen molar-refractivity contribution in [2.24, 2.45) is 0 Å². The fourth-order valence-corrected chi connectivity index (χ4v) is 3.59. The third-order valence-corrected chi connectivity index (χ3v) is 4.63. The van der Waals surface area contributed by atoms with Crippen molar-refractivity contribution in [1.29, 1.82) is 0 Å². The standard InChI is InChI=1S/C17H15N5OS/c18-17-20-16-14(12-2-1-3-13(8-12)21-23)6-11(7-15(16)24-17)9-22-5-4-19-10-22/h1-8,10,21,23H,9H2,(H2,18,20). The maximum absolute atomic E-state index is 9.16. The van der Waals surface area contributed by atoms with Crippen LogP contribution in [-0.2, 0) is 6.54 Å². The molecular weight excluding hydrogens is 322 g/mol. The van der Waals surface area contributed by atoms with Gasteiger partial charge in [-0.25, -0.2) is 9.97 Å². The average molecular weight is 337 g/mol. The number of hydrogen-bond donors (Lipinski definition) is 3. The van der Waals surface area contributed by atoms with E-state index in [2.05, 4.69) is 27.6 Å². The number of imidazole rings is 1. The first-order chi connectivity index (χ1) is 11.7. The van der Waals surface area contributed by atoms with E-state index in [-0.39, 0.29) is 0 Å². The summed E-state index contributed by atoms with van der Waals surface area (Å²) < 4.78 is 3.06. The highest BCUT2D eigenvalue weighted by molar-refractivity contribution is 7.22. The summed E-state index contributed by atoms with van der Waals surface area (Å²) in [6, 6.07) is 11.8.